The summed E-state index contributed by atoms with van der Waals surface area (Å²) in [6.07, 6.45) is 2.72. The second-order valence-electron chi connectivity index (χ2n) is 16.6. The van der Waals surface area contributed by atoms with Crippen LogP contribution >= 0.6 is 15.9 Å². The molecule has 1 saturated heterocycles. The van der Waals surface area contributed by atoms with Gasteiger partial charge < -0.3 is 23.8 Å². The van der Waals surface area contributed by atoms with E-state index in [4.69, 9.17) is 13.9 Å². The Morgan fingerprint density at radius 1 is 1.02 bits per heavy atom. The van der Waals surface area contributed by atoms with Gasteiger partial charge in [0.2, 0.25) is 0 Å². The summed E-state index contributed by atoms with van der Waals surface area (Å²) in [6, 6.07) is 11.0. The van der Waals surface area contributed by atoms with Gasteiger partial charge in [-0.2, -0.15) is 0 Å². The lowest BCUT2D eigenvalue weighted by Gasteiger charge is -2.42. The minimum atomic E-state index is -2.37. The van der Waals surface area contributed by atoms with Gasteiger partial charge in [0.1, 0.15) is 23.4 Å². The molecule has 0 radical (unpaired) electrons. The molecule has 2 aliphatic rings. The molecule has 1 fully saturated rings. The van der Waals surface area contributed by atoms with Crippen molar-refractivity contribution in [1.29, 1.82) is 0 Å². The summed E-state index contributed by atoms with van der Waals surface area (Å²) >= 11 is 3.76. The van der Waals surface area contributed by atoms with Crippen molar-refractivity contribution in [3.8, 4) is 16.9 Å². The first kappa shape index (κ1) is 39.8. The smallest absolute Gasteiger partial charge is 0.408 e. The number of fused-ring (bicyclic) bond motifs is 6. The van der Waals surface area contributed by atoms with E-state index < -0.39 is 38.1 Å². The quantitative estimate of drug-likeness (QED) is 0.190. The van der Waals surface area contributed by atoms with E-state index in [0.717, 1.165) is 37.8 Å². The zero-order valence-electron chi connectivity index (χ0n) is 32.5. The number of hydrogen-bond acceptors (Lipinski definition) is 7. The first-order valence-corrected chi connectivity index (χ1v) is 21.7. The Morgan fingerprint density at radius 2 is 1.71 bits per heavy atom. The van der Waals surface area contributed by atoms with Crippen molar-refractivity contribution in [2.24, 2.45) is 5.92 Å². The zero-order chi connectivity index (χ0) is 38.1. The van der Waals surface area contributed by atoms with E-state index in [1.807, 2.05) is 6.07 Å². The number of hydrazine groups is 1. The Labute approximate surface area is 318 Å². The number of ether oxygens (including phenoxy) is 2. The summed E-state index contributed by atoms with van der Waals surface area (Å²) in [5.41, 5.74) is 7.26. The number of amides is 2. The second-order valence-corrected chi connectivity index (χ2v) is 22.8. The van der Waals surface area contributed by atoms with E-state index in [1.165, 1.54) is 5.01 Å². The molecule has 0 spiro atoms. The molecular formula is C40H57BrN4O6Si. The topological polar surface area (TPSA) is 111 Å². The molecule has 3 atom stereocenters. The van der Waals surface area contributed by atoms with Gasteiger partial charge in [-0.3, -0.25) is 14.6 Å². The van der Waals surface area contributed by atoms with Crippen molar-refractivity contribution in [2.75, 3.05) is 13.2 Å². The number of nitrogens with zero attached hydrogens (tertiary/aromatic N) is 2. The maximum Gasteiger partial charge on any atom is 0.408 e. The number of carbonyl (C=O) groups excluding carboxylic acids is 3. The van der Waals surface area contributed by atoms with Crippen LogP contribution in [-0.2, 0) is 32.0 Å². The minimum Gasteiger partial charge on any atom is -0.543 e. The van der Waals surface area contributed by atoms with Crippen LogP contribution in [0.4, 0.5) is 4.79 Å². The van der Waals surface area contributed by atoms with E-state index in [1.54, 1.807) is 20.8 Å². The molecule has 2 amide bonds. The first-order valence-electron chi connectivity index (χ1n) is 18.7. The van der Waals surface area contributed by atoms with Crippen LogP contribution in [0, 0.1) is 5.92 Å². The number of hydrogen-bond donors (Lipinski definition) is 2. The molecule has 0 saturated carbocycles. The maximum atomic E-state index is 14.3. The van der Waals surface area contributed by atoms with Crippen molar-refractivity contribution in [3.05, 3.63) is 52.6 Å². The molecule has 0 aliphatic carbocycles. The molecule has 52 heavy (non-hydrogen) atoms. The van der Waals surface area contributed by atoms with E-state index in [2.05, 4.69) is 116 Å². The number of aromatic nitrogens is 1. The van der Waals surface area contributed by atoms with E-state index in [-0.39, 0.29) is 24.9 Å². The molecule has 10 nitrogen and oxygen atoms in total. The Bertz CT molecular complexity index is 1760. The standard InChI is InChI=1S/C40H57BrN4O6Si/c1-24(2)52(25(3)4,26(5)6)51-31-17-28-16-30(19-31)29-13-14-32-33(41)22-44(36(32)20-29)21-27(7)23-49-38(47)34-12-11-15-45(43-34)37(46)35(18-28)42-39(48)50-40(8,9)10/h13-14,16-17,19-20,22,24-27,34-35,43H,11-12,15,18,21,23H2,1-10H3,(H,42,48)/t27-,34-,35-/m0/s1. The number of rotatable bonds is 6. The zero-order valence-corrected chi connectivity index (χ0v) is 35.1. The third kappa shape index (κ3) is 8.88. The molecule has 2 aliphatic heterocycles. The molecule has 1 aromatic heterocycles. The summed E-state index contributed by atoms with van der Waals surface area (Å²) in [4.78, 5) is 40.9. The van der Waals surface area contributed by atoms with Crippen LogP contribution in [0.1, 0.15) is 87.6 Å². The Balaban J connectivity index is 1.68. The Kier molecular flexibility index (Phi) is 12.2. The molecule has 2 aromatic carbocycles. The monoisotopic (exact) mass is 796 g/mol. The fraction of sp³-hybridized carbons (Fsp3) is 0.575. The lowest BCUT2D eigenvalue weighted by atomic mass is 9.97. The highest BCUT2D eigenvalue weighted by Gasteiger charge is 2.47. The number of alkyl carbamates (subject to hydrolysis) is 1. The van der Waals surface area contributed by atoms with Crippen LogP contribution in [0.5, 0.6) is 5.75 Å². The van der Waals surface area contributed by atoms with Gasteiger partial charge in [-0.25, -0.2) is 10.2 Å². The average Bonchev–Trinajstić information content (AvgIpc) is 3.37. The van der Waals surface area contributed by atoms with Crippen LogP contribution < -0.4 is 15.2 Å². The number of halogens is 1. The Morgan fingerprint density at radius 3 is 2.37 bits per heavy atom. The normalized spacial score (nSPS) is 20.7. The lowest BCUT2D eigenvalue weighted by molar-refractivity contribution is -0.153. The predicted molar refractivity (Wildman–Crippen MR) is 212 cm³/mol. The average molecular weight is 798 g/mol. The fourth-order valence-electron chi connectivity index (χ4n) is 8.04. The summed E-state index contributed by atoms with van der Waals surface area (Å²) in [5.74, 6) is 0.0372. The highest BCUT2D eigenvalue weighted by atomic mass is 79.9. The van der Waals surface area contributed by atoms with Crippen molar-refractivity contribution < 1.29 is 28.3 Å². The molecular weight excluding hydrogens is 740 g/mol. The van der Waals surface area contributed by atoms with Crippen molar-refractivity contribution in [2.45, 2.75) is 129 Å². The molecule has 284 valence electrons. The van der Waals surface area contributed by atoms with Gasteiger partial charge in [-0.05, 0) is 101 Å². The molecule has 3 heterocycles. The maximum absolute atomic E-state index is 14.3. The van der Waals surface area contributed by atoms with Crippen molar-refractivity contribution in [3.63, 3.8) is 0 Å². The SMILES string of the molecule is CC(C)[Si](Oc1cc2cc(c1)-c1ccc3c(Br)cn(c3c1)C[C@H](C)COC(=O)[C@@H]1CCCN(N1)C(=O)[C@@H](NC(=O)OC(C)(C)C)C2)(C(C)C)C(C)C. The number of benzene rings is 2. The van der Waals surface area contributed by atoms with Gasteiger partial charge in [-0.1, -0.05) is 66.7 Å². The van der Waals surface area contributed by atoms with Crippen molar-refractivity contribution >= 4 is 53.1 Å². The predicted octanol–water partition coefficient (Wildman–Crippen LogP) is 8.75. The summed E-state index contributed by atoms with van der Waals surface area (Å²) in [6.45, 7) is 22.3. The fourth-order valence-corrected chi connectivity index (χ4v) is 13.9. The molecule has 6 bridgehead atoms. The molecule has 0 unspecified atom stereocenters. The highest BCUT2D eigenvalue weighted by Crippen LogP contribution is 2.44. The molecule has 12 heteroatoms. The van der Waals surface area contributed by atoms with Gasteiger partial charge >= 0.3 is 12.1 Å². The van der Waals surface area contributed by atoms with Crippen LogP contribution in [0.25, 0.3) is 22.0 Å². The van der Waals surface area contributed by atoms with E-state index >= 15 is 0 Å². The van der Waals surface area contributed by atoms with E-state index in [9.17, 15) is 14.4 Å². The summed E-state index contributed by atoms with van der Waals surface area (Å²) in [7, 11) is -2.37. The number of esters is 1. The summed E-state index contributed by atoms with van der Waals surface area (Å²) < 4.78 is 21.9. The molecule has 3 aromatic rings. The van der Waals surface area contributed by atoms with Gasteiger partial charge in [-0.15, -0.1) is 0 Å². The third-order valence-electron chi connectivity index (χ3n) is 10.3. The number of carbonyl (C=O) groups is 3. The second kappa shape index (κ2) is 15.9. The molecule has 2 N–H and O–H groups in total. The minimum absolute atomic E-state index is 0.0298. The van der Waals surface area contributed by atoms with Crippen LogP contribution in [0.15, 0.2) is 47.1 Å². The highest BCUT2D eigenvalue weighted by molar-refractivity contribution is 9.10. The third-order valence-corrected chi connectivity index (χ3v) is 17.0. The number of cyclic esters (lactones) is 1. The van der Waals surface area contributed by atoms with Gasteiger partial charge in [0.25, 0.3) is 14.2 Å². The van der Waals surface area contributed by atoms with Crippen LogP contribution in [0.2, 0.25) is 16.6 Å². The van der Waals surface area contributed by atoms with Crippen LogP contribution in [0.3, 0.4) is 0 Å². The molecule has 5 rings (SSSR count). The van der Waals surface area contributed by atoms with E-state index in [0.29, 0.717) is 42.6 Å². The Hall–Kier alpha value is -3.35. The lowest BCUT2D eigenvalue weighted by Crippen LogP contribution is -2.60. The van der Waals surface area contributed by atoms with Gasteiger partial charge in [0.05, 0.1) is 6.61 Å². The van der Waals surface area contributed by atoms with Crippen molar-refractivity contribution in [1.82, 2.24) is 20.3 Å². The van der Waals surface area contributed by atoms with Gasteiger partial charge in [0.15, 0.2) is 0 Å². The number of nitrogens with one attached hydrogen (secondary N) is 2. The van der Waals surface area contributed by atoms with Gasteiger partial charge in [0, 0.05) is 47.0 Å². The van der Waals surface area contributed by atoms with Crippen LogP contribution in [-0.4, -0.2) is 66.7 Å². The summed E-state index contributed by atoms with van der Waals surface area (Å²) in [5, 5.41) is 5.41. The first-order chi connectivity index (χ1) is 24.4. The largest absolute Gasteiger partial charge is 0.543 e.